The van der Waals surface area contributed by atoms with Crippen molar-refractivity contribution in [3.8, 4) is 0 Å². The average molecular weight is 170 g/mol. The Morgan fingerprint density at radius 3 is 2.58 bits per heavy atom. The van der Waals surface area contributed by atoms with Crippen molar-refractivity contribution in [2.45, 2.75) is 38.2 Å². The maximum absolute atomic E-state index is 10.9. The lowest BCUT2D eigenvalue weighted by atomic mass is 9.98. The van der Waals surface area contributed by atoms with E-state index in [0.29, 0.717) is 0 Å². The topological polar surface area (TPSA) is 35.5 Å². The van der Waals surface area contributed by atoms with Gasteiger partial charge in [-0.2, -0.15) is 0 Å². The predicted molar refractivity (Wildman–Crippen MR) is 43.2 cm³/mol. The molecule has 0 atom stereocenters. The molecule has 12 heavy (non-hydrogen) atoms. The third-order valence-corrected chi connectivity index (χ3v) is 2.01. The Bertz CT molecular complexity index is 139. The Hall–Kier alpha value is -0.570. The lowest BCUT2D eigenvalue weighted by Crippen LogP contribution is -2.21. The molecule has 1 fully saturated rings. The Morgan fingerprint density at radius 2 is 2.00 bits per heavy atom. The zero-order chi connectivity index (χ0) is 8.81. The van der Waals surface area contributed by atoms with Gasteiger partial charge in [-0.25, -0.2) is 4.79 Å². The second-order valence-electron chi connectivity index (χ2n) is 2.97. The van der Waals surface area contributed by atoms with E-state index in [9.17, 15) is 4.79 Å². The van der Waals surface area contributed by atoms with Crippen LogP contribution in [0.1, 0.15) is 32.1 Å². The first-order chi connectivity index (χ1) is 5.83. The summed E-state index contributed by atoms with van der Waals surface area (Å²) in [6, 6.07) is 0. The third-order valence-electron chi connectivity index (χ3n) is 2.01. The van der Waals surface area contributed by atoms with Gasteiger partial charge in [-0.05, 0) is 25.7 Å². The molecule has 68 valence electrons. The fourth-order valence-electron chi connectivity index (χ4n) is 1.44. The summed E-state index contributed by atoms with van der Waals surface area (Å²) in [6.45, 7) is 2.13. The molecule has 0 aromatic rings. The van der Waals surface area contributed by atoms with E-state index in [0.717, 1.165) is 25.7 Å². The number of carbonyl (C=O) groups excluding carboxylic acids is 1. The van der Waals surface area contributed by atoms with Crippen molar-refractivity contribution in [2.24, 2.45) is 0 Å². The number of hydrogen-bond donors (Lipinski definition) is 0. The fraction of sp³-hybridized carbons (Fsp3) is 0.778. The van der Waals surface area contributed by atoms with Crippen LogP contribution in [0.2, 0.25) is 0 Å². The van der Waals surface area contributed by atoms with Crippen molar-refractivity contribution in [3.05, 3.63) is 6.61 Å². The van der Waals surface area contributed by atoms with Gasteiger partial charge in [-0.15, -0.1) is 0 Å². The highest BCUT2D eigenvalue weighted by Gasteiger charge is 2.17. The number of ether oxygens (including phenoxy) is 2. The van der Waals surface area contributed by atoms with Gasteiger partial charge in [0.05, 0.1) is 0 Å². The minimum atomic E-state index is -0.482. The second-order valence-corrected chi connectivity index (χ2v) is 2.97. The highest BCUT2D eigenvalue weighted by molar-refractivity contribution is 5.77. The second kappa shape index (κ2) is 5.14. The van der Waals surface area contributed by atoms with Crippen molar-refractivity contribution in [1.29, 1.82) is 0 Å². The van der Waals surface area contributed by atoms with Crippen molar-refractivity contribution >= 4 is 5.97 Å². The van der Waals surface area contributed by atoms with Crippen molar-refractivity contribution in [3.63, 3.8) is 0 Å². The monoisotopic (exact) mass is 170 g/mol. The molecule has 2 radical (unpaired) electrons. The molecule has 1 rings (SSSR count). The zero-order valence-electron chi connectivity index (χ0n) is 7.34. The summed E-state index contributed by atoms with van der Waals surface area (Å²) in [5.74, 6) is -0.482. The molecule has 0 heterocycles. The molecule has 0 saturated heterocycles. The minimum absolute atomic E-state index is 0.0916. The molecule has 3 heteroatoms. The van der Waals surface area contributed by atoms with E-state index in [4.69, 9.17) is 4.74 Å². The van der Waals surface area contributed by atoms with Gasteiger partial charge in [0.15, 0.2) is 0 Å². The molecule has 3 nitrogen and oxygen atoms in total. The van der Waals surface area contributed by atoms with Crippen LogP contribution in [0.3, 0.4) is 0 Å². The molecular weight excluding hydrogens is 156 g/mol. The van der Waals surface area contributed by atoms with Crippen LogP contribution in [0.5, 0.6) is 0 Å². The van der Waals surface area contributed by atoms with Crippen LogP contribution in [0.15, 0.2) is 0 Å². The molecule has 0 unspecified atom stereocenters. The van der Waals surface area contributed by atoms with E-state index in [1.807, 2.05) is 0 Å². The number of methoxy groups -OCH3 is 1. The Kier molecular flexibility index (Phi) is 4.08. The van der Waals surface area contributed by atoms with Crippen LogP contribution in [0, 0.1) is 6.61 Å². The summed E-state index contributed by atoms with van der Waals surface area (Å²) in [5.41, 5.74) is 0. The first-order valence-corrected chi connectivity index (χ1v) is 4.32. The number of carbonyl (C=O) groups is 1. The largest absolute Gasteiger partial charge is 0.460 e. The van der Waals surface area contributed by atoms with Gasteiger partial charge in [-0.1, -0.05) is 6.42 Å². The Balaban J connectivity index is 2.15. The van der Waals surface area contributed by atoms with Gasteiger partial charge in [-0.3, -0.25) is 0 Å². The normalized spacial score (nSPS) is 19.1. The van der Waals surface area contributed by atoms with Crippen LogP contribution in [-0.2, 0) is 14.3 Å². The van der Waals surface area contributed by atoms with Gasteiger partial charge in [0.1, 0.15) is 6.10 Å². The molecule has 0 N–H and O–H groups in total. The highest BCUT2D eigenvalue weighted by Crippen LogP contribution is 2.20. The van der Waals surface area contributed by atoms with Crippen LogP contribution < -0.4 is 0 Å². The number of esters is 1. The minimum Gasteiger partial charge on any atom is -0.460 e. The van der Waals surface area contributed by atoms with Crippen molar-refractivity contribution in [2.75, 3.05) is 7.11 Å². The van der Waals surface area contributed by atoms with E-state index in [-0.39, 0.29) is 6.10 Å². The summed E-state index contributed by atoms with van der Waals surface area (Å²) < 4.78 is 9.48. The van der Waals surface area contributed by atoms with Crippen LogP contribution in [0.25, 0.3) is 0 Å². The molecule has 1 aliphatic carbocycles. The van der Waals surface area contributed by atoms with Gasteiger partial charge in [0.25, 0.3) is 6.61 Å². The lowest BCUT2D eigenvalue weighted by Gasteiger charge is -2.21. The number of rotatable bonds is 3. The lowest BCUT2D eigenvalue weighted by molar-refractivity contribution is -0.150. The van der Waals surface area contributed by atoms with Crippen LogP contribution >= 0.6 is 0 Å². The molecule has 0 spiro atoms. The zero-order valence-corrected chi connectivity index (χ0v) is 7.34. The molecule has 0 bridgehead atoms. The van der Waals surface area contributed by atoms with Crippen LogP contribution in [-0.4, -0.2) is 19.2 Å². The van der Waals surface area contributed by atoms with Crippen molar-refractivity contribution < 1.29 is 14.3 Å². The van der Waals surface area contributed by atoms with Crippen molar-refractivity contribution in [1.82, 2.24) is 0 Å². The van der Waals surface area contributed by atoms with E-state index in [1.54, 1.807) is 0 Å². The van der Waals surface area contributed by atoms with E-state index in [2.05, 4.69) is 11.3 Å². The molecule has 0 aromatic carbocycles. The molecule has 0 aromatic heterocycles. The summed E-state index contributed by atoms with van der Waals surface area (Å²) in [5, 5.41) is 0. The van der Waals surface area contributed by atoms with E-state index in [1.165, 1.54) is 13.5 Å². The Labute approximate surface area is 73.0 Å². The van der Waals surface area contributed by atoms with Gasteiger partial charge >= 0.3 is 5.97 Å². The molecule has 1 saturated carbocycles. The first kappa shape index (κ1) is 9.52. The maximum Gasteiger partial charge on any atom is 0.346 e. The highest BCUT2D eigenvalue weighted by atomic mass is 16.6. The molecule has 0 aliphatic heterocycles. The summed E-state index contributed by atoms with van der Waals surface area (Å²) >= 11 is 0. The van der Waals surface area contributed by atoms with Gasteiger partial charge in [0.2, 0.25) is 0 Å². The van der Waals surface area contributed by atoms with E-state index >= 15 is 0 Å². The first-order valence-electron chi connectivity index (χ1n) is 4.32. The maximum atomic E-state index is 10.9. The fourth-order valence-corrected chi connectivity index (χ4v) is 1.44. The molecule has 0 amide bonds. The number of hydrogen-bond acceptors (Lipinski definition) is 3. The summed E-state index contributed by atoms with van der Waals surface area (Å²) in [4.78, 5) is 10.9. The van der Waals surface area contributed by atoms with Gasteiger partial charge in [0, 0.05) is 7.11 Å². The average Bonchev–Trinajstić information content (AvgIpc) is 2.06. The molecular formula is C9H14O3. The SMILES string of the molecule is CO[C]C(=O)OC1CCCCC1. The van der Waals surface area contributed by atoms with Gasteiger partial charge < -0.3 is 9.47 Å². The standard InChI is InChI=1S/C9H14O3/c1-11-7-9(10)12-8-5-3-2-4-6-8/h8H,2-6H2,1H3. The Morgan fingerprint density at radius 1 is 1.33 bits per heavy atom. The predicted octanol–water partition coefficient (Wildman–Crippen LogP) is 1.55. The summed E-state index contributed by atoms with van der Waals surface area (Å²) in [7, 11) is 1.39. The quantitative estimate of drug-likeness (QED) is 0.603. The smallest absolute Gasteiger partial charge is 0.346 e. The van der Waals surface area contributed by atoms with Crippen LogP contribution in [0.4, 0.5) is 0 Å². The molecule has 1 aliphatic rings. The van der Waals surface area contributed by atoms with E-state index < -0.39 is 5.97 Å². The summed E-state index contributed by atoms with van der Waals surface area (Å²) in [6.07, 6.45) is 5.63. The third kappa shape index (κ3) is 3.22.